The summed E-state index contributed by atoms with van der Waals surface area (Å²) in [6.07, 6.45) is 2.55. The summed E-state index contributed by atoms with van der Waals surface area (Å²) in [6, 6.07) is 11.3. The van der Waals surface area contributed by atoms with Crippen LogP contribution in [0.4, 0.5) is 0 Å². The summed E-state index contributed by atoms with van der Waals surface area (Å²) < 4.78 is 0. The van der Waals surface area contributed by atoms with E-state index in [0.717, 1.165) is 25.6 Å². The molecule has 1 unspecified atom stereocenters. The summed E-state index contributed by atoms with van der Waals surface area (Å²) >= 11 is 0. The molecule has 1 heterocycles. The van der Waals surface area contributed by atoms with Crippen molar-refractivity contribution in [2.24, 2.45) is 10.9 Å². The predicted molar refractivity (Wildman–Crippen MR) is 94.1 cm³/mol. The van der Waals surface area contributed by atoms with Crippen molar-refractivity contribution >= 4 is 5.96 Å². The molecule has 0 saturated carbocycles. The quantitative estimate of drug-likeness (QED) is 0.626. The van der Waals surface area contributed by atoms with Crippen LogP contribution in [0.15, 0.2) is 35.3 Å². The van der Waals surface area contributed by atoms with Gasteiger partial charge in [0.1, 0.15) is 0 Å². The Hall–Kier alpha value is -1.55. The lowest BCUT2D eigenvalue weighted by molar-refractivity contribution is 0.245. The molecule has 4 heteroatoms. The van der Waals surface area contributed by atoms with E-state index >= 15 is 0 Å². The summed E-state index contributed by atoms with van der Waals surface area (Å²) in [5.41, 5.74) is 1.40. The number of nitrogens with one attached hydrogen (secondary N) is 2. The van der Waals surface area contributed by atoms with Crippen LogP contribution in [0.2, 0.25) is 0 Å². The Balaban J connectivity index is 1.81. The highest BCUT2D eigenvalue weighted by molar-refractivity contribution is 5.79. The second kappa shape index (κ2) is 8.79. The van der Waals surface area contributed by atoms with E-state index in [0.29, 0.717) is 12.0 Å². The summed E-state index contributed by atoms with van der Waals surface area (Å²) in [5.74, 6) is 1.54. The number of benzene rings is 1. The molecule has 0 spiro atoms. The van der Waals surface area contributed by atoms with Gasteiger partial charge < -0.3 is 10.6 Å². The normalized spacial score (nSPS) is 19.6. The van der Waals surface area contributed by atoms with E-state index in [9.17, 15) is 0 Å². The molecule has 2 N–H and O–H groups in total. The number of hydrogen-bond acceptors (Lipinski definition) is 2. The van der Waals surface area contributed by atoms with Gasteiger partial charge in [-0.2, -0.15) is 0 Å². The van der Waals surface area contributed by atoms with E-state index in [2.05, 4.69) is 64.7 Å². The van der Waals surface area contributed by atoms with E-state index in [4.69, 9.17) is 0 Å². The minimum atomic E-state index is 0.595. The number of likely N-dealkylation sites (tertiary alicyclic amines) is 1. The molecule has 0 amide bonds. The molecule has 0 aliphatic carbocycles. The lowest BCUT2D eigenvalue weighted by atomic mass is 10.2. The second-order valence-electron chi connectivity index (χ2n) is 6.48. The Labute approximate surface area is 135 Å². The highest BCUT2D eigenvalue weighted by Crippen LogP contribution is 2.19. The number of hydrogen-bond donors (Lipinski definition) is 2. The smallest absolute Gasteiger partial charge is 0.191 e. The Morgan fingerprint density at radius 3 is 2.73 bits per heavy atom. The summed E-state index contributed by atoms with van der Waals surface area (Å²) in [7, 11) is 1.84. The van der Waals surface area contributed by atoms with Gasteiger partial charge >= 0.3 is 0 Å². The molecule has 1 atom stereocenters. The molecular formula is C18H30N4. The molecule has 0 bridgehead atoms. The third kappa shape index (κ3) is 5.34. The first-order valence-electron chi connectivity index (χ1n) is 8.41. The molecule has 122 valence electrons. The summed E-state index contributed by atoms with van der Waals surface area (Å²) in [5, 5.41) is 6.86. The van der Waals surface area contributed by atoms with Crippen molar-refractivity contribution in [2.45, 2.75) is 39.3 Å². The molecule has 1 saturated heterocycles. The minimum Gasteiger partial charge on any atom is -0.356 e. The third-order valence-electron chi connectivity index (χ3n) is 4.13. The van der Waals surface area contributed by atoms with Crippen molar-refractivity contribution < 1.29 is 0 Å². The molecular weight excluding hydrogens is 272 g/mol. The molecule has 1 aromatic rings. The minimum absolute atomic E-state index is 0.595. The Morgan fingerprint density at radius 1 is 1.27 bits per heavy atom. The largest absolute Gasteiger partial charge is 0.356 e. The van der Waals surface area contributed by atoms with E-state index in [1.807, 2.05) is 7.05 Å². The second-order valence-corrected chi connectivity index (χ2v) is 6.48. The standard InChI is InChI=1S/C18H30N4/c1-15(2)12-20-18(19-3)21-13-17-10-7-11-22(17)14-16-8-5-4-6-9-16/h4-6,8-9,15,17H,7,10-14H2,1-3H3,(H2,19,20,21). The van der Waals surface area contributed by atoms with E-state index in [-0.39, 0.29) is 0 Å². The van der Waals surface area contributed by atoms with Gasteiger partial charge in [-0.1, -0.05) is 44.2 Å². The molecule has 1 aliphatic rings. The van der Waals surface area contributed by atoms with Crippen LogP contribution in [-0.2, 0) is 6.54 Å². The zero-order valence-corrected chi connectivity index (χ0v) is 14.2. The van der Waals surface area contributed by atoms with Crippen molar-refractivity contribution in [2.75, 3.05) is 26.7 Å². The van der Waals surface area contributed by atoms with Gasteiger partial charge in [-0.3, -0.25) is 9.89 Å². The van der Waals surface area contributed by atoms with Gasteiger partial charge in [-0.15, -0.1) is 0 Å². The maximum atomic E-state index is 4.31. The highest BCUT2D eigenvalue weighted by atomic mass is 15.2. The highest BCUT2D eigenvalue weighted by Gasteiger charge is 2.24. The zero-order chi connectivity index (χ0) is 15.8. The van der Waals surface area contributed by atoms with Crippen LogP contribution in [0.1, 0.15) is 32.3 Å². The van der Waals surface area contributed by atoms with Crippen molar-refractivity contribution in [3.63, 3.8) is 0 Å². The molecule has 1 aliphatic heterocycles. The average molecular weight is 302 g/mol. The average Bonchev–Trinajstić information content (AvgIpc) is 2.95. The third-order valence-corrected chi connectivity index (χ3v) is 4.13. The van der Waals surface area contributed by atoms with Crippen LogP contribution < -0.4 is 10.6 Å². The van der Waals surface area contributed by atoms with Crippen molar-refractivity contribution in [1.29, 1.82) is 0 Å². The fourth-order valence-corrected chi connectivity index (χ4v) is 2.89. The van der Waals surface area contributed by atoms with Gasteiger partial charge in [0.05, 0.1) is 0 Å². The van der Waals surface area contributed by atoms with Crippen molar-refractivity contribution in [1.82, 2.24) is 15.5 Å². The van der Waals surface area contributed by atoms with Crippen molar-refractivity contribution in [3.05, 3.63) is 35.9 Å². The van der Waals surface area contributed by atoms with Gasteiger partial charge in [0, 0.05) is 32.7 Å². The van der Waals surface area contributed by atoms with E-state index in [1.54, 1.807) is 0 Å². The van der Waals surface area contributed by atoms with Crippen LogP contribution >= 0.6 is 0 Å². The fourth-order valence-electron chi connectivity index (χ4n) is 2.89. The van der Waals surface area contributed by atoms with Gasteiger partial charge in [0.2, 0.25) is 0 Å². The molecule has 1 aromatic carbocycles. The SMILES string of the molecule is CN=C(NCC(C)C)NCC1CCCN1Cc1ccccc1. The van der Waals surface area contributed by atoms with E-state index < -0.39 is 0 Å². The number of rotatable bonds is 6. The fraction of sp³-hybridized carbons (Fsp3) is 0.611. The summed E-state index contributed by atoms with van der Waals surface area (Å²) in [6.45, 7) is 8.57. The lowest BCUT2D eigenvalue weighted by Crippen LogP contribution is -2.45. The molecule has 0 radical (unpaired) electrons. The molecule has 1 fully saturated rings. The monoisotopic (exact) mass is 302 g/mol. The molecule has 0 aromatic heterocycles. The van der Waals surface area contributed by atoms with E-state index in [1.165, 1.54) is 24.9 Å². The van der Waals surface area contributed by atoms with Gasteiger partial charge in [-0.25, -0.2) is 0 Å². The van der Waals surface area contributed by atoms with Gasteiger partial charge in [0.15, 0.2) is 5.96 Å². The maximum absolute atomic E-state index is 4.31. The first-order chi connectivity index (χ1) is 10.7. The number of nitrogens with zero attached hydrogens (tertiary/aromatic N) is 2. The first-order valence-corrected chi connectivity index (χ1v) is 8.41. The van der Waals surface area contributed by atoms with Crippen LogP contribution in [0.25, 0.3) is 0 Å². The maximum Gasteiger partial charge on any atom is 0.191 e. The van der Waals surface area contributed by atoms with Crippen molar-refractivity contribution in [3.8, 4) is 0 Å². The zero-order valence-electron chi connectivity index (χ0n) is 14.2. The van der Waals surface area contributed by atoms with Gasteiger partial charge in [0.25, 0.3) is 0 Å². The lowest BCUT2D eigenvalue weighted by Gasteiger charge is -2.25. The van der Waals surface area contributed by atoms with Crippen LogP contribution in [-0.4, -0.2) is 43.6 Å². The molecule has 4 nitrogen and oxygen atoms in total. The van der Waals surface area contributed by atoms with Crippen LogP contribution in [0, 0.1) is 5.92 Å². The number of guanidine groups is 1. The topological polar surface area (TPSA) is 39.7 Å². The Bertz CT molecular complexity index is 455. The van der Waals surface area contributed by atoms with Gasteiger partial charge in [-0.05, 0) is 30.9 Å². The molecule has 2 rings (SSSR count). The number of aliphatic imine (C=N–C) groups is 1. The first kappa shape index (κ1) is 16.8. The van der Waals surface area contributed by atoms with Crippen LogP contribution in [0.3, 0.4) is 0 Å². The predicted octanol–water partition coefficient (Wildman–Crippen LogP) is 2.47. The Kier molecular flexibility index (Phi) is 6.72. The van der Waals surface area contributed by atoms with Crippen LogP contribution in [0.5, 0.6) is 0 Å². The molecule has 22 heavy (non-hydrogen) atoms. The summed E-state index contributed by atoms with van der Waals surface area (Å²) in [4.78, 5) is 6.89. The Morgan fingerprint density at radius 2 is 2.05 bits per heavy atom.